The number of primary amides is 1. The van der Waals surface area contributed by atoms with Crippen molar-refractivity contribution in [2.45, 2.75) is 24.8 Å². The monoisotopic (exact) mass is 388 g/mol. The van der Waals surface area contributed by atoms with Crippen molar-refractivity contribution in [1.82, 2.24) is 15.3 Å². The number of aromatic amines is 1. The van der Waals surface area contributed by atoms with Gasteiger partial charge in [-0.2, -0.15) is 0 Å². The highest BCUT2D eigenvalue weighted by Gasteiger charge is 2.63. The van der Waals surface area contributed by atoms with Crippen molar-refractivity contribution >= 4 is 17.6 Å². The van der Waals surface area contributed by atoms with Gasteiger partial charge >= 0.3 is 0 Å². The number of nitrogens with two attached hydrogens (primary N) is 1. The molecule has 0 radical (unpaired) electrons. The van der Waals surface area contributed by atoms with Crippen molar-refractivity contribution in [3.05, 3.63) is 77.7 Å². The number of nitrogens with zero attached hydrogens (tertiary/aromatic N) is 1. The van der Waals surface area contributed by atoms with Crippen LogP contribution in [-0.2, 0) is 9.59 Å². The molecule has 4 N–H and O–H groups in total. The number of amides is 2. The standard InChI is InChI=1S/C22H20N4O3/c1-13-24-17(15-10-6-3-7-11-15)18(25-13)21(29)26-22(19(27)20(23)28)12-16(22)14-8-4-2-5-9-14/h2-11,16H,12H2,1H3,(H2,23,28)(H,24,25)(H,26,29). The quantitative estimate of drug-likeness (QED) is 0.560. The van der Waals surface area contributed by atoms with E-state index in [9.17, 15) is 14.4 Å². The highest BCUT2D eigenvalue weighted by Crippen LogP contribution is 2.52. The fraction of sp³-hybridized carbons (Fsp3) is 0.182. The van der Waals surface area contributed by atoms with Crippen molar-refractivity contribution in [3.63, 3.8) is 0 Å². The van der Waals surface area contributed by atoms with Gasteiger partial charge in [-0.05, 0) is 18.9 Å². The van der Waals surface area contributed by atoms with Gasteiger partial charge in [0.1, 0.15) is 22.8 Å². The number of hydrogen-bond acceptors (Lipinski definition) is 4. The predicted octanol–water partition coefficient (Wildman–Crippen LogP) is 2.10. The molecule has 1 aromatic heterocycles. The molecule has 0 aliphatic heterocycles. The minimum atomic E-state index is -1.34. The fourth-order valence-electron chi connectivity index (χ4n) is 3.74. The lowest BCUT2D eigenvalue weighted by Gasteiger charge is -2.17. The van der Waals surface area contributed by atoms with Crippen molar-refractivity contribution in [1.29, 1.82) is 0 Å². The summed E-state index contributed by atoms with van der Waals surface area (Å²) in [6, 6.07) is 18.6. The second-order valence-corrected chi connectivity index (χ2v) is 7.20. The Balaban J connectivity index is 1.68. The minimum Gasteiger partial charge on any atom is -0.363 e. The highest BCUT2D eigenvalue weighted by atomic mass is 16.2. The van der Waals surface area contributed by atoms with Crippen molar-refractivity contribution in [2.75, 3.05) is 0 Å². The van der Waals surface area contributed by atoms with Gasteiger partial charge in [0.15, 0.2) is 0 Å². The number of benzene rings is 2. The van der Waals surface area contributed by atoms with E-state index in [1.807, 2.05) is 60.7 Å². The van der Waals surface area contributed by atoms with E-state index in [-0.39, 0.29) is 11.6 Å². The zero-order chi connectivity index (χ0) is 20.6. The SMILES string of the molecule is Cc1nc(-c2ccccc2)c(C(=O)NC2(C(=O)C(N)=O)CC2c2ccccc2)[nH]1. The number of aromatic nitrogens is 2. The first-order valence-corrected chi connectivity index (χ1v) is 9.26. The third-order valence-corrected chi connectivity index (χ3v) is 5.22. The van der Waals surface area contributed by atoms with Crippen LogP contribution in [0.15, 0.2) is 60.7 Å². The Morgan fingerprint density at radius 3 is 2.31 bits per heavy atom. The molecule has 1 aliphatic rings. The summed E-state index contributed by atoms with van der Waals surface area (Å²) in [4.78, 5) is 44.8. The molecule has 2 aromatic carbocycles. The van der Waals surface area contributed by atoms with E-state index in [0.717, 1.165) is 11.1 Å². The molecule has 0 bridgehead atoms. The Kier molecular flexibility index (Phi) is 4.50. The summed E-state index contributed by atoms with van der Waals surface area (Å²) in [5.74, 6) is -2.10. The number of carbonyl (C=O) groups excluding carboxylic acids is 3. The number of Topliss-reactive ketones (excluding diaryl/α,β-unsaturated/α-hetero) is 1. The summed E-state index contributed by atoms with van der Waals surface area (Å²) in [7, 11) is 0. The van der Waals surface area contributed by atoms with E-state index < -0.39 is 23.1 Å². The van der Waals surface area contributed by atoms with Crippen LogP contribution in [0.4, 0.5) is 0 Å². The smallest absolute Gasteiger partial charge is 0.287 e. The van der Waals surface area contributed by atoms with E-state index in [2.05, 4.69) is 15.3 Å². The largest absolute Gasteiger partial charge is 0.363 e. The van der Waals surface area contributed by atoms with Gasteiger partial charge in [-0.3, -0.25) is 14.4 Å². The maximum Gasteiger partial charge on any atom is 0.287 e. The van der Waals surface area contributed by atoms with E-state index in [0.29, 0.717) is 17.9 Å². The normalized spacial score (nSPS) is 20.1. The summed E-state index contributed by atoms with van der Waals surface area (Å²) in [6.07, 6.45) is 0.318. The Morgan fingerprint density at radius 2 is 1.69 bits per heavy atom. The summed E-state index contributed by atoms with van der Waals surface area (Å²) >= 11 is 0. The second-order valence-electron chi connectivity index (χ2n) is 7.20. The molecule has 7 heteroatoms. The van der Waals surface area contributed by atoms with E-state index >= 15 is 0 Å². The van der Waals surface area contributed by atoms with Crippen LogP contribution in [-0.4, -0.2) is 33.1 Å². The molecule has 2 amide bonds. The Bertz CT molecular complexity index is 1090. The molecule has 7 nitrogen and oxygen atoms in total. The fourth-order valence-corrected chi connectivity index (χ4v) is 3.74. The second kappa shape index (κ2) is 7.01. The minimum absolute atomic E-state index is 0.240. The molecular weight excluding hydrogens is 368 g/mol. The molecule has 29 heavy (non-hydrogen) atoms. The summed E-state index contributed by atoms with van der Waals surface area (Å²) < 4.78 is 0. The van der Waals surface area contributed by atoms with E-state index in [1.165, 1.54) is 0 Å². The number of H-pyrrole nitrogens is 1. The van der Waals surface area contributed by atoms with Crippen LogP contribution in [0.25, 0.3) is 11.3 Å². The van der Waals surface area contributed by atoms with Crippen LogP contribution in [0.3, 0.4) is 0 Å². The number of ketones is 1. The number of imidazole rings is 1. The van der Waals surface area contributed by atoms with E-state index in [1.54, 1.807) is 6.92 Å². The van der Waals surface area contributed by atoms with Crippen LogP contribution in [0.5, 0.6) is 0 Å². The van der Waals surface area contributed by atoms with Crippen molar-refractivity contribution in [3.8, 4) is 11.3 Å². The third-order valence-electron chi connectivity index (χ3n) is 5.22. The third kappa shape index (κ3) is 3.31. The molecule has 3 aromatic rings. The summed E-state index contributed by atoms with van der Waals surface area (Å²) in [5, 5.41) is 2.78. The first-order valence-electron chi connectivity index (χ1n) is 9.26. The molecule has 1 aliphatic carbocycles. The van der Waals surface area contributed by atoms with Crippen LogP contribution < -0.4 is 11.1 Å². The molecule has 1 heterocycles. The zero-order valence-corrected chi connectivity index (χ0v) is 15.8. The predicted molar refractivity (Wildman–Crippen MR) is 107 cm³/mol. The first-order chi connectivity index (χ1) is 13.9. The van der Waals surface area contributed by atoms with Crippen LogP contribution in [0, 0.1) is 6.92 Å². The van der Waals surface area contributed by atoms with Gasteiger partial charge in [0.05, 0.1) is 0 Å². The van der Waals surface area contributed by atoms with E-state index in [4.69, 9.17) is 5.73 Å². The van der Waals surface area contributed by atoms with Gasteiger partial charge in [-0.25, -0.2) is 4.98 Å². The maximum atomic E-state index is 13.1. The number of nitrogens with one attached hydrogen (secondary N) is 2. The lowest BCUT2D eigenvalue weighted by molar-refractivity contribution is -0.137. The molecule has 2 atom stereocenters. The zero-order valence-electron chi connectivity index (χ0n) is 15.8. The Hall–Kier alpha value is -3.74. The highest BCUT2D eigenvalue weighted by molar-refractivity contribution is 6.40. The van der Waals surface area contributed by atoms with Crippen molar-refractivity contribution < 1.29 is 14.4 Å². The Morgan fingerprint density at radius 1 is 1.07 bits per heavy atom. The molecular formula is C22H20N4O3. The first kappa shape index (κ1) is 18.6. The molecule has 146 valence electrons. The topological polar surface area (TPSA) is 118 Å². The van der Waals surface area contributed by atoms with Crippen molar-refractivity contribution in [2.24, 2.45) is 5.73 Å². The number of hydrogen-bond donors (Lipinski definition) is 3. The van der Waals surface area contributed by atoms with Gasteiger partial charge < -0.3 is 16.0 Å². The number of aryl methyl sites for hydroxylation is 1. The Labute approximate surface area is 167 Å². The average molecular weight is 388 g/mol. The molecule has 1 saturated carbocycles. The molecule has 0 spiro atoms. The van der Waals surface area contributed by atoms with Crippen LogP contribution in [0.2, 0.25) is 0 Å². The molecule has 2 unspecified atom stereocenters. The maximum absolute atomic E-state index is 13.1. The van der Waals surface area contributed by atoms with Gasteiger partial charge in [0.2, 0.25) is 5.78 Å². The lowest BCUT2D eigenvalue weighted by Crippen LogP contribution is -2.49. The molecule has 4 rings (SSSR count). The van der Waals surface area contributed by atoms with Crippen LogP contribution >= 0.6 is 0 Å². The lowest BCUT2D eigenvalue weighted by atomic mass is 10.0. The summed E-state index contributed by atoms with van der Waals surface area (Å²) in [5.41, 5.74) is 6.31. The van der Waals surface area contributed by atoms with Gasteiger partial charge in [-0.15, -0.1) is 0 Å². The van der Waals surface area contributed by atoms with Crippen LogP contribution in [0.1, 0.15) is 34.2 Å². The summed E-state index contributed by atoms with van der Waals surface area (Å²) in [6.45, 7) is 1.75. The van der Waals surface area contributed by atoms with Gasteiger partial charge in [0.25, 0.3) is 11.8 Å². The average Bonchev–Trinajstić information content (AvgIpc) is 3.32. The number of rotatable bonds is 6. The van der Waals surface area contributed by atoms with Gasteiger partial charge in [-0.1, -0.05) is 60.7 Å². The number of carbonyl (C=O) groups is 3. The molecule has 0 saturated heterocycles. The van der Waals surface area contributed by atoms with Gasteiger partial charge in [0, 0.05) is 11.5 Å². The molecule has 1 fully saturated rings.